The third-order valence-corrected chi connectivity index (χ3v) is 2.05. The maximum Gasteiger partial charge on any atom is 0.176 e. The summed E-state index contributed by atoms with van der Waals surface area (Å²) in [5, 5.41) is 0. The van der Waals surface area contributed by atoms with Gasteiger partial charge in [-0.15, -0.1) is 0 Å². The number of Topliss-reactive ketones (excluding diaryl/α,β-unsaturated/α-hetero) is 1. The highest BCUT2D eigenvalue weighted by Crippen LogP contribution is 2.05. The minimum absolute atomic E-state index is 0.0910. The lowest BCUT2D eigenvalue weighted by atomic mass is 10.3. The van der Waals surface area contributed by atoms with Gasteiger partial charge in [-0.1, -0.05) is 0 Å². The summed E-state index contributed by atoms with van der Waals surface area (Å²) in [5.74, 6) is 0.0910. The number of hydrogen-bond donors (Lipinski definition) is 0. The van der Waals surface area contributed by atoms with E-state index in [-0.39, 0.29) is 11.9 Å². The zero-order valence-corrected chi connectivity index (χ0v) is 8.28. The van der Waals surface area contributed by atoms with Crippen molar-refractivity contribution in [2.75, 3.05) is 7.11 Å². The summed E-state index contributed by atoms with van der Waals surface area (Å²) >= 11 is 0. The van der Waals surface area contributed by atoms with E-state index in [0.717, 1.165) is 12.2 Å². The van der Waals surface area contributed by atoms with Crippen molar-refractivity contribution in [3.8, 4) is 0 Å². The van der Waals surface area contributed by atoms with Gasteiger partial charge in [0.2, 0.25) is 0 Å². The first-order valence-corrected chi connectivity index (χ1v) is 4.34. The summed E-state index contributed by atoms with van der Waals surface area (Å²) in [5.41, 5.74) is 0.740. The van der Waals surface area contributed by atoms with E-state index in [1.54, 1.807) is 14.0 Å². The van der Waals surface area contributed by atoms with Crippen LogP contribution in [-0.2, 0) is 11.3 Å². The molecule has 0 N–H and O–H groups in total. The molecular weight excluding hydrogens is 166 g/mol. The first-order valence-electron chi connectivity index (χ1n) is 4.34. The predicted molar refractivity (Wildman–Crippen MR) is 50.9 cm³/mol. The SMILES string of the molecule is COC(C)Cn1cccc1C(C)=O. The topological polar surface area (TPSA) is 31.2 Å². The maximum atomic E-state index is 11.1. The summed E-state index contributed by atoms with van der Waals surface area (Å²) < 4.78 is 7.04. The molecule has 1 rings (SSSR count). The van der Waals surface area contributed by atoms with E-state index >= 15 is 0 Å². The molecule has 0 saturated heterocycles. The van der Waals surface area contributed by atoms with Crippen LogP contribution in [0.15, 0.2) is 18.3 Å². The van der Waals surface area contributed by atoms with Crippen molar-refractivity contribution in [2.24, 2.45) is 0 Å². The fourth-order valence-electron chi connectivity index (χ4n) is 1.24. The second-order valence-corrected chi connectivity index (χ2v) is 3.15. The summed E-state index contributed by atoms with van der Waals surface area (Å²) in [7, 11) is 1.67. The quantitative estimate of drug-likeness (QED) is 0.662. The third kappa shape index (κ3) is 2.42. The number of ether oxygens (including phenoxy) is 1. The Morgan fingerprint density at radius 3 is 2.92 bits per heavy atom. The van der Waals surface area contributed by atoms with Crippen molar-refractivity contribution >= 4 is 5.78 Å². The van der Waals surface area contributed by atoms with Crippen LogP contribution in [0.5, 0.6) is 0 Å². The number of carbonyl (C=O) groups excluding carboxylic acids is 1. The van der Waals surface area contributed by atoms with Crippen LogP contribution < -0.4 is 0 Å². The first kappa shape index (κ1) is 9.99. The third-order valence-electron chi connectivity index (χ3n) is 2.05. The molecular formula is C10H15NO2. The smallest absolute Gasteiger partial charge is 0.176 e. The molecule has 0 aliphatic carbocycles. The molecule has 72 valence electrons. The molecule has 0 amide bonds. The number of aromatic nitrogens is 1. The molecule has 0 aliphatic rings. The van der Waals surface area contributed by atoms with Gasteiger partial charge >= 0.3 is 0 Å². The van der Waals surface area contributed by atoms with Crippen LogP contribution in [0.1, 0.15) is 24.3 Å². The van der Waals surface area contributed by atoms with Gasteiger partial charge in [0.05, 0.1) is 11.8 Å². The minimum atomic E-state index is 0.0910. The maximum absolute atomic E-state index is 11.1. The molecule has 0 fully saturated rings. The number of nitrogens with zero attached hydrogens (tertiary/aromatic N) is 1. The van der Waals surface area contributed by atoms with E-state index < -0.39 is 0 Å². The van der Waals surface area contributed by atoms with Gasteiger partial charge < -0.3 is 9.30 Å². The average Bonchev–Trinajstić information content (AvgIpc) is 2.52. The normalized spacial score (nSPS) is 12.8. The van der Waals surface area contributed by atoms with Crippen molar-refractivity contribution in [1.29, 1.82) is 0 Å². The molecule has 1 aromatic heterocycles. The summed E-state index contributed by atoms with van der Waals surface area (Å²) in [6.45, 7) is 4.27. The molecule has 1 unspecified atom stereocenters. The van der Waals surface area contributed by atoms with Crippen molar-refractivity contribution in [1.82, 2.24) is 4.57 Å². The molecule has 1 atom stereocenters. The molecule has 1 heterocycles. The lowest BCUT2D eigenvalue weighted by Gasteiger charge is -2.12. The largest absolute Gasteiger partial charge is 0.380 e. The summed E-state index contributed by atoms with van der Waals surface area (Å²) in [4.78, 5) is 11.1. The molecule has 0 radical (unpaired) electrons. The van der Waals surface area contributed by atoms with Gasteiger partial charge in [0, 0.05) is 26.8 Å². The zero-order chi connectivity index (χ0) is 9.84. The van der Waals surface area contributed by atoms with Gasteiger partial charge in [0.15, 0.2) is 5.78 Å². The molecule has 0 aromatic carbocycles. The molecule has 0 aliphatic heterocycles. The van der Waals surface area contributed by atoms with Crippen molar-refractivity contribution < 1.29 is 9.53 Å². The Balaban J connectivity index is 2.76. The van der Waals surface area contributed by atoms with E-state index in [9.17, 15) is 4.79 Å². The van der Waals surface area contributed by atoms with Crippen molar-refractivity contribution in [2.45, 2.75) is 26.5 Å². The molecule has 3 heteroatoms. The Morgan fingerprint density at radius 1 is 1.69 bits per heavy atom. The molecule has 0 saturated carbocycles. The van der Waals surface area contributed by atoms with E-state index in [1.807, 2.05) is 29.8 Å². The second kappa shape index (κ2) is 4.23. The van der Waals surface area contributed by atoms with Crippen LogP contribution in [0.4, 0.5) is 0 Å². The van der Waals surface area contributed by atoms with E-state index in [2.05, 4.69) is 0 Å². The summed E-state index contributed by atoms with van der Waals surface area (Å²) in [6.07, 6.45) is 2.03. The van der Waals surface area contributed by atoms with Crippen LogP contribution in [0, 0.1) is 0 Å². The lowest BCUT2D eigenvalue weighted by Crippen LogP contribution is -2.17. The highest BCUT2D eigenvalue weighted by atomic mass is 16.5. The van der Waals surface area contributed by atoms with Gasteiger partial charge in [-0.25, -0.2) is 0 Å². The minimum Gasteiger partial charge on any atom is -0.380 e. The number of hydrogen-bond acceptors (Lipinski definition) is 2. The summed E-state index contributed by atoms with van der Waals surface area (Å²) in [6, 6.07) is 3.70. The highest BCUT2D eigenvalue weighted by Gasteiger charge is 2.07. The van der Waals surface area contributed by atoms with E-state index in [4.69, 9.17) is 4.74 Å². The van der Waals surface area contributed by atoms with Crippen LogP contribution in [-0.4, -0.2) is 23.6 Å². The molecule has 3 nitrogen and oxygen atoms in total. The lowest BCUT2D eigenvalue weighted by molar-refractivity contribution is 0.0956. The standard InChI is InChI=1S/C10H15NO2/c1-8(13-3)7-11-6-4-5-10(11)9(2)12/h4-6,8H,7H2,1-3H3. The Morgan fingerprint density at radius 2 is 2.38 bits per heavy atom. The van der Waals surface area contributed by atoms with Gasteiger partial charge in [-0.05, 0) is 19.1 Å². The molecule has 13 heavy (non-hydrogen) atoms. The molecule has 0 spiro atoms. The molecule has 1 aromatic rings. The van der Waals surface area contributed by atoms with Crippen LogP contribution >= 0.6 is 0 Å². The van der Waals surface area contributed by atoms with Gasteiger partial charge in [0.1, 0.15) is 0 Å². The van der Waals surface area contributed by atoms with Crippen LogP contribution in [0.25, 0.3) is 0 Å². The number of ketones is 1. The van der Waals surface area contributed by atoms with Gasteiger partial charge in [0.25, 0.3) is 0 Å². The Kier molecular flexibility index (Phi) is 3.25. The Hall–Kier alpha value is -1.09. The average molecular weight is 181 g/mol. The van der Waals surface area contributed by atoms with Gasteiger partial charge in [-0.2, -0.15) is 0 Å². The number of methoxy groups -OCH3 is 1. The van der Waals surface area contributed by atoms with E-state index in [1.165, 1.54) is 0 Å². The zero-order valence-electron chi connectivity index (χ0n) is 8.28. The monoisotopic (exact) mass is 181 g/mol. The predicted octanol–water partition coefficient (Wildman–Crippen LogP) is 1.73. The second-order valence-electron chi connectivity index (χ2n) is 3.15. The fraction of sp³-hybridized carbons (Fsp3) is 0.500. The highest BCUT2D eigenvalue weighted by molar-refractivity contribution is 5.92. The van der Waals surface area contributed by atoms with E-state index in [0.29, 0.717) is 0 Å². The van der Waals surface area contributed by atoms with Crippen molar-refractivity contribution in [3.63, 3.8) is 0 Å². The Labute approximate surface area is 78.3 Å². The Bertz CT molecular complexity index is 291. The number of carbonyl (C=O) groups is 1. The first-order chi connectivity index (χ1) is 6.15. The molecule has 0 bridgehead atoms. The fourth-order valence-corrected chi connectivity index (χ4v) is 1.24. The van der Waals surface area contributed by atoms with Gasteiger partial charge in [-0.3, -0.25) is 4.79 Å². The van der Waals surface area contributed by atoms with Crippen molar-refractivity contribution in [3.05, 3.63) is 24.0 Å². The van der Waals surface area contributed by atoms with Crippen LogP contribution in [0.2, 0.25) is 0 Å². The number of rotatable bonds is 4. The van der Waals surface area contributed by atoms with Crippen LogP contribution in [0.3, 0.4) is 0 Å².